The van der Waals surface area contributed by atoms with Crippen LogP contribution in [-0.4, -0.2) is 15.8 Å². The van der Waals surface area contributed by atoms with Gasteiger partial charge in [0.25, 0.3) is 0 Å². The molecule has 0 fully saturated rings. The van der Waals surface area contributed by atoms with Crippen molar-refractivity contribution < 1.29 is 0 Å². The lowest BCUT2D eigenvalue weighted by atomic mass is 10.2. The van der Waals surface area contributed by atoms with Gasteiger partial charge in [-0.1, -0.05) is 17.8 Å². The first-order valence-electron chi connectivity index (χ1n) is 4.74. The third-order valence-corrected chi connectivity index (χ3v) is 3.96. The molecule has 0 saturated carbocycles. The minimum absolute atomic E-state index is 0.0595. The topological polar surface area (TPSA) is 75.7 Å². The molecule has 0 unspecified atom stereocenters. The van der Waals surface area contributed by atoms with Gasteiger partial charge in [0.2, 0.25) is 0 Å². The number of amidine groups is 1. The quantitative estimate of drug-likeness (QED) is 0.519. The lowest BCUT2D eigenvalue weighted by Crippen LogP contribution is -2.10. The third kappa shape index (κ3) is 3.04. The Labute approximate surface area is 111 Å². The molecule has 0 radical (unpaired) electrons. The van der Waals surface area contributed by atoms with Crippen LogP contribution in [0.15, 0.2) is 51.2 Å². The van der Waals surface area contributed by atoms with E-state index in [0.29, 0.717) is 5.56 Å². The van der Waals surface area contributed by atoms with E-state index in [1.165, 1.54) is 18.1 Å². The van der Waals surface area contributed by atoms with Crippen molar-refractivity contribution in [1.29, 1.82) is 5.41 Å². The standard InChI is InChI=1S/C11H9BrN4S/c12-8-5-7(11(13)14)1-2-9(8)17-10-3-4-15-6-16-10/h1-6H,(H3,13,14). The Bertz CT molecular complexity index is 544. The average molecular weight is 309 g/mol. The first-order valence-corrected chi connectivity index (χ1v) is 6.35. The largest absolute Gasteiger partial charge is 0.384 e. The van der Waals surface area contributed by atoms with Gasteiger partial charge in [0.05, 0.1) is 0 Å². The van der Waals surface area contributed by atoms with Gasteiger partial charge in [-0.25, -0.2) is 9.97 Å². The summed E-state index contributed by atoms with van der Waals surface area (Å²) in [7, 11) is 0. The second-order valence-corrected chi connectivity index (χ2v) is 5.13. The Morgan fingerprint density at radius 1 is 1.35 bits per heavy atom. The molecule has 0 aliphatic rings. The summed E-state index contributed by atoms with van der Waals surface area (Å²) < 4.78 is 0.897. The summed E-state index contributed by atoms with van der Waals surface area (Å²) in [6.07, 6.45) is 3.22. The van der Waals surface area contributed by atoms with E-state index >= 15 is 0 Å². The molecule has 0 spiro atoms. The highest BCUT2D eigenvalue weighted by Crippen LogP contribution is 2.32. The van der Waals surface area contributed by atoms with Crippen molar-refractivity contribution in [3.63, 3.8) is 0 Å². The van der Waals surface area contributed by atoms with Gasteiger partial charge in [0.1, 0.15) is 17.2 Å². The number of hydrogen-bond acceptors (Lipinski definition) is 4. The second kappa shape index (κ2) is 5.29. The fourth-order valence-electron chi connectivity index (χ4n) is 1.20. The molecule has 3 N–H and O–H groups in total. The fourth-order valence-corrected chi connectivity index (χ4v) is 2.57. The van der Waals surface area contributed by atoms with Gasteiger partial charge in [-0.2, -0.15) is 0 Å². The number of nitrogens with two attached hydrogens (primary N) is 1. The molecule has 0 bridgehead atoms. The van der Waals surface area contributed by atoms with Crippen LogP contribution in [0.1, 0.15) is 5.56 Å². The molecule has 1 aromatic carbocycles. The van der Waals surface area contributed by atoms with Crippen LogP contribution in [0.2, 0.25) is 0 Å². The maximum Gasteiger partial charge on any atom is 0.122 e. The fraction of sp³-hybridized carbons (Fsp3) is 0. The Morgan fingerprint density at radius 3 is 2.76 bits per heavy atom. The summed E-state index contributed by atoms with van der Waals surface area (Å²) in [5.41, 5.74) is 6.12. The molecule has 1 heterocycles. The van der Waals surface area contributed by atoms with E-state index in [2.05, 4.69) is 25.9 Å². The normalized spacial score (nSPS) is 10.2. The van der Waals surface area contributed by atoms with E-state index in [1.807, 2.05) is 24.3 Å². The van der Waals surface area contributed by atoms with Gasteiger partial charge in [0.15, 0.2) is 0 Å². The van der Waals surface area contributed by atoms with Gasteiger partial charge in [-0.3, -0.25) is 5.41 Å². The minimum Gasteiger partial charge on any atom is -0.384 e. The third-order valence-electron chi connectivity index (χ3n) is 2.01. The van der Waals surface area contributed by atoms with Crippen LogP contribution in [0.5, 0.6) is 0 Å². The Hall–Kier alpha value is -1.40. The van der Waals surface area contributed by atoms with E-state index in [4.69, 9.17) is 11.1 Å². The zero-order valence-electron chi connectivity index (χ0n) is 8.72. The summed E-state index contributed by atoms with van der Waals surface area (Å²) in [5.74, 6) is 0.0595. The number of nitrogens with zero attached hydrogens (tertiary/aromatic N) is 2. The van der Waals surface area contributed by atoms with Crippen molar-refractivity contribution in [1.82, 2.24) is 9.97 Å². The first-order chi connectivity index (χ1) is 8.16. The zero-order valence-corrected chi connectivity index (χ0v) is 11.1. The minimum atomic E-state index is 0.0595. The summed E-state index contributed by atoms with van der Waals surface area (Å²) in [6, 6.07) is 7.39. The number of hydrogen-bond donors (Lipinski definition) is 2. The summed E-state index contributed by atoms with van der Waals surface area (Å²) in [5, 5.41) is 8.22. The van der Waals surface area contributed by atoms with E-state index in [0.717, 1.165) is 14.4 Å². The molecule has 17 heavy (non-hydrogen) atoms. The van der Waals surface area contributed by atoms with Gasteiger partial charge < -0.3 is 5.73 Å². The number of aromatic nitrogens is 2. The van der Waals surface area contributed by atoms with E-state index in [-0.39, 0.29) is 5.84 Å². The maximum absolute atomic E-state index is 7.35. The molecule has 0 atom stereocenters. The monoisotopic (exact) mass is 308 g/mol. The molecular formula is C11H9BrN4S. The number of benzene rings is 1. The van der Waals surface area contributed by atoms with Crippen molar-refractivity contribution in [3.05, 3.63) is 46.8 Å². The molecule has 6 heteroatoms. The highest BCUT2D eigenvalue weighted by atomic mass is 79.9. The lowest BCUT2D eigenvalue weighted by molar-refractivity contribution is 1.05. The van der Waals surface area contributed by atoms with Crippen LogP contribution in [0.25, 0.3) is 0 Å². The van der Waals surface area contributed by atoms with Gasteiger partial charge in [0, 0.05) is 21.1 Å². The lowest BCUT2D eigenvalue weighted by Gasteiger charge is -2.05. The predicted octanol–water partition coefficient (Wildman–Crippen LogP) is 2.67. The number of nitrogens with one attached hydrogen (secondary N) is 1. The summed E-state index contributed by atoms with van der Waals surface area (Å²) >= 11 is 4.98. The molecule has 4 nitrogen and oxygen atoms in total. The Kier molecular flexibility index (Phi) is 3.75. The van der Waals surface area contributed by atoms with Gasteiger partial charge in [-0.15, -0.1) is 0 Å². The Morgan fingerprint density at radius 2 is 2.18 bits per heavy atom. The highest BCUT2D eigenvalue weighted by molar-refractivity contribution is 9.10. The molecule has 86 valence electrons. The number of halogens is 1. The van der Waals surface area contributed by atoms with Crippen LogP contribution >= 0.6 is 27.7 Å². The summed E-state index contributed by atoms with van der Waals surface area (Å²) in [6.45, 7) is 0. The van der Waals surface area contributed by atoms with Crippen molar-refractivity contribution in [2.24, 2.45) is 5.73 Å². The van der Waals surface area contributed by atoms with Crippen molar-refractivity contribution in [2.75, 3.05) is 0 Å². The molecule has 1 aromatic heterocycles. The average Bonchev–Trinajstić information content (AvgIpc) is 2.33. The van der Waals surface area contributed by atoms with E-state index in [9.17, 15) is 0 Å². The SMILES string of the molecule is N=C(N)c1ccc(Sc2ccncn2)c(Br)c1. The maximum atomic E-state index is 7.35. The zero-order chi connectivity index (χ0) is 12.3. The molecule has 0 aliphatic heterocycles. The molecule has 2 aromatic rings. The van der Waals surface area contributed by atoms with Gasteiger partial charge in [-0.05, 0) is 34.1 Å². The van der Waals surface area contributed by atoms with Crippen LogP contribution in [0.3, 0.4) is 0 Å². The summed E-state index contributed by atoms with van der Waals surface area (Å²) in [4.78, 5) is 9.02. The predicted molar refractivity (Wildman–Crippen MR) is 71.3 cm³/mol. The van der Waals surface area contributed by atoms with Crippen LogP contribution in [0.4, 0.5) is 0 Å². The van der Waals surface area contributed by atoms with Crippen LogP contribution in [-0.2, 0) is 0 Å². The van der Waals surface area contributed by atoms with E-state index < -0.39 is 0 Å². The molecular weight excluding hydrogens is 300 g/mol. The second-order valence-electron chi connectivity index (χ2n) is 3.21. The Balaban J connectivity index is 2.26. The van der Waals surface area contributed by atoms with Crippen LogP contribution < -0.4 is 5.73 Å². The van der Waals surface area contributed by atoms with Gasteiger partial charge >= 0.3 is 0 Å². The molecule has 0 saturated heterocycles. The van der Waals surface area contributed by atoms with Crippen LogP contribution in [0, 0.1) is 5.41 Å². The first kappa shape index (κ1) is 12.1. The number of rotatable bonds is 3. The molecule has 0 amide bonds. The smallest absolute Gasteiger partial charge is 0.122 e. The van der Waals surface area contributed by atoms with E-state index in [1.54, 1.807) is 6.20 Å². The van der Waals surface area contributed by atoms with Crippen molar-refractivity contribution in [3.8, 4) is 0 Å². The molecule has 0 aliphatic carbocycles. The van der Waals surface area contributed by atoms with Crippen molar-refractivity contribution >= 4 is 33.5 Å². The van der Waals surface area contributed by atoms with Crippen molar-refractivity contribution in [2.45, 2.75) is 9.92 Å². The number of nitrogen functional groups attached to an aromatic ring is 1. The highest BCUT2D eigenvalue weighted by Gasteiger charge is 2.05. The molecule has 2 rings (SSSR count).